The number of ether oxygens (including phenoxy) is 2. The molecule has 2 amide bonds. The number of methoxy groups -OCH3 is 2. The van der Waals surface area contributed by atoms with Crippen LogP contribution in [0.5, 0.6) is 11.5 Å². The molecular formula is C20H23BrN2O4. The first-order valence-electron chi connectivity index (χ1n) is 8.53. The van der Waals surface area contributed by atoms with Crippen molar-refractivity contribution < 1.29 is 19.1 Å². The minimum Gasteiger partial charge on any atom is -0.493 e. The second kappa shape index (κ2) is 9.97. The summed E-state index contributed by atoms with van der Waals surface area (Å²) < 4.78 is 11.3. The Balaban J connectivity index is 1.94. The fourth-order valence-corrected chi connectivity index (χ4v) is 2.87. The van der Waals surface area contributed by atoms with Gasteiger partial charge in [0.2, 0.25) is 5.91 Å². The molecule has 0 fully saturated rings. The summed E-state index contributed by atoms with van der Waals surface area (Å²) in [6.45, 7) is 1.88. The number of carbonyl (C=O) groups excluding carboxylic acids is 2. The third-order valence-corrected chi connectivity index (χ3v) is 4.60. The van der Waals surface area contributed by atoms with Crippen molar-refractivity contribution in [1.29, 1.82) is 0 Å². The lowest BCUT2D eigenvalue weighted by molar-refractivity contribution is -0.120. The van der Waals surface area contributed by atoms with Crippen LogP contribution in [0.25, 0.3) is 0 Å². The van der Waals surface area contributed by atoms with Crippen LogP contribution in [-0.4, -0.2) is 32.6 Å². The summed E-state index contributed by atoms with van der Waals surface area (Å²) in [5.41, 5.74) is 1.40. The lowest BCUT2D eigenvalue weighted by atomic mass is 10.0. The standard InChI is InChI=1S/C20H23BrN2O4/c1-4-16(13-5-8-15(21)9-6-13)23-19(24)12-22-20(25)14-7-10-17(26-2)18(11-14)27-3/h5-11,16H,4,12H2,1-3H3,(H,22,25)(H,23,24). The van der Waals surface area contributed by atoms with Gasteiger partial charge in [-0.1, -0.05) is 35.0 Å². The van der Waals surface area contributed by atoms with Gasteiger partial charge in [0.1, 0.15) is 0 Å². The molecule has 7 heteroatoms. The topological polar surface area (TPSA) is 76.7 Å². The number of carbonyl (C=O) groups is 2. The molecule has 0 spiro atoms. The third kappa shape index (κ3) is 5.72. The Morgan fingerprint density at radius 3 is 2.30 bits per heavy atom. The average molecular weight is 435 g/mol. The maximum absolute atomic E-state index is 12.3. The van der Waals surface area contributed by atoms with E-state index in [1.54, 1.807) is 18.2 Å². The molecule has 0 saturated heterocycles. The Hall–Kier alpha value is -2.54. The van der Waals surface area contributed by atoms with E-state index in [2.05, 4.69) is 26.6 Å². The van der Waals surface area contributed by atoms with Gasteiger partial charge in [-0.3, -0.25) is 9.59 Å². The highest BCUT2D eigenvalue weighted by molar-refractivity contribution is 9.10. The minimum absolute atomic E-state index is 0.108. The molecule has 1 atom stereocenters. The van der Waals surface area contributed by atoms with Gasteiger partial charge >= 0.3 is 0 Å². The highest BCUT2D eigenvalue weighted by Gasteiger charge is 2.15. The molecule has 1 unspecified atom stereocenters. The SMILES string of the molecule is CCC(NC(=O)CNC(=O)c1ccc(OC)c(OC)c1)c1ccc(Br)cc1. The zero-order chi connectivity index (χ0) is 19.8. The Bertz CT molecular complexity index is 793. The molecule has 0 saturated carbocycles. The van der Waals surface area contributed by atoms with E-state index < -0.39 is 0 Å². The van der Waals surface area contributed by atoms with Crippen LogP contribution in [0.1, 0.15) is 35.3 Å². The van der Waals surface area contributed by atoms with E-state index in [0.29, 0.717) is 17.1 Å². The van der Waals surface area contributed by atoms with Crippen LogP contribution in [0.15, 0.2) is 46.9 Å². The van der Waals surface area contributed by atoms with E-state index >= 15 is 0 Å². The van der Waals surface area contributed by atoms with Crippen LogP contribution in [0.2, 0.25) is 0 Å². The first kappa shape index (κ1) is 20.8. The van der Waals surface area contributed by atoms with Crippen LogP contribution in [0, 0.1) is 0 Å². The number of halogens is 1. The summed E-state index contributed by atoms with van der Waals surface area (Å²) in [5.74, 6) is 0.379. The van der Waals surface area contributed by atoms with Crippen molar-refractivity contribution in [1.82, 2.24) is 10.6 Å². The van der Waals surface area contributed by atoms with Crippen LogP contribution >= 0.6 is 15.9 Å². The lowest BCUT2D eigenvalue weighted by Crippen LogP contribution is -2.38. The van der Waals surface area contributed by atoms with Crippen LogP contribution in [0.4, 0.5) is 0 Å². The molecule has 0 aliphatic heterocycles. The molecule has 0 aliphatic rings. The Morgan fingerprint density at radius 1 is 1.04 bits per heavy atom. The van der Waals surface area contributed by atoms with Crippen molar-refractivity contribution in [3.8, 4) is 11.5 Å². The molecular weight excluding hydrogens is 412 g/mol. The Morgan fingerprint density at radius 2 is 1.70 bits per heavy atom. The van der Waals surface area contributed by atoms with Crippen molar-refractivity contribution in [3.63, 3.8) is 0 Å². The van der Waals surface area contributed by atoms with E-state index in [-0.39, 0.29) is 24.4 Å². The quantitative estimate of drug-likeness (QED) is 0.666. The second-order valence-electron chi connectivity index (χ2n) is 5.83. The van der Waals surface area contributed by atoms with E-state index in [1.165, 1.54) is 14.2 Å². The molecule has 2 rings (SSSR count). The van der Waals surface area contributed by atoms with Gasteiger partial charge in [0, 0.05) is 10.0 Å². The fourth-order valence-electron chi connectivity index (χ4n) is 2.60. The largest absolute Gasteiger partial charge is 0.493 e. The van der Waals surface area contributed by atoms with E-state index in [9.17, 15) is 9.59 Å². The van der Waals surface area contributed by atoms with Gasteiger partial charge in [0.25, 0.3) is 5.91 Å². The molecule has 144 valence electrons. The van der Waals surface area contributed by atoms with Gasteiger partial charge in [0.15, 0.2) is 11.5 Å². The Labute approximate surface area is 167 Å². The highest BCUT2D eigenvalue weighted by Crippen LogP contribution is 2.27. The van der Waals surface area contributed by atoms with Crippen molar-refractivity contribution in [2.45, 2.75) is 19.4 Å². The molecule has 0 radical (unpaired) electrons. The van der Waals surface area contributed by atoms with Gasteiger partial charge in [-0.25, -0.2) is 0 Å². The predicted octanol–water partition coefficient (Wildman–Crippen LogP) is 3.46. The van der Waals surface area contributed by atoms with Gasteiger partial charge in [-0.05, 0) is 42.3 Å². The van der Waals surface area contributed by atoms with Crippen LogP contribution < -0.4 is 20.1 Å². The van der Waals surface area contributed by atoms with E-state index in [4.69, 9.17) is 9.47 Å². The average Bonchev–Trinajstić information content (AvgIpc) is 2.70. The fraction of sp³-hybridized carbons (Fsp3) is 0.300. The molecule has 2 aromatic carbocycles. The number of nitrogens with one attached hydrogen (secondary N) is 2. The van der Waals surface area contributed by atoms with Crippen molar-refractivity contribution in [3.05, 3.63) is 58.1 Å². The summed E-state index contributed by atoms with van der Waals surface area (Å²) in [5, 5.41) is 5.56. The van der Waals surface area contributed by atoms with Gasteiger partial charge in [-0.15, -0.1) is 0 Å². The molecule has 6 nitrogen and oxygen atoms in total. The van der Waals surface area contributed by atoms with Crippen LogP contribution in [-0.2, 0) is 4.79 Å². The number of benzene rings is 2. The summed E-state index contributed by atoms with van der Waals surface area (Å²) in [4.78, 5) is 24.5. The summed E-state index contributed by atoms with van der Waals surface area (Å²) in [7, 11) is 3.03. The minimum atomic E-state index is -0.359. The smallest absolute Gasteiger partial charge is 0.251 e. The molecule has 2 N–H and O–H groups in total. The van der Waals surface area contributed by atoms with Crippen LogP contribution in [0.3, 0.4) is 0 Å². The first-order valence-corrected chi connectivity index (χ1v) is 9.32. The van der Waals surface area contributed by atoms with Crippen molar-refractivity contribution >= 4 is 27.7 Å². The summed E-state index contributed by atoms with van der Waals surface area (Å²) in [6.07, 6.45) is 0.747. The van der Waals surface area contributed by atoms with Crippen molar-refractivity contribution in [2.24, 2.45) is 0 Å². The first-order chi connectivity index (χ1) is 13.0. The third-order valence-electron chi connectivity index (χ3n) is 4.07. The molecule has 0 aliphatic carbocycles. The number of hydrogen-bond donors (Lipinski definition) is 2. The van der Waals surface area contributed by atoms with Crippen molar-refractivity contribution in [2.75, 3.05) is 20.8 Å². The Kier molecular flexibility index (Phi) is 7.67. The molecule has 0 bridgehead atoms. The lowest BCUT2D eigenvalue weighted by Gasteiger charge is -2.18. The van der Waals surface area contributed by atoms with Gasteiger partial charge < -0.3 is 20.1 Å². The van der Waals surface area contributed by atoms with E-state index in [0.717, 1.165) is 16.5 Å². The number of amides is 2. The summed E-state index contributed by atoms with van der Waals surface area (Å²) >= 11 is 3.40. The number of rotatable bonds is 8. The number of hydrogen-bond acceptors (Lipinski definition) is 4. The second-order valence-corrected chi connectivity index (χ2v) is 6.75. The molecule has 0 aromatic heterocycles. The zero-order valence-corrected chi connectivity index (χ0v) is 17.1. The molecule has 0 heterocycles. The molecule has 2 aromatic rings. The maximum Gasteiger partial charge on any atom is 0.251 e. The van der Waals surface area contributed by atoms with E-state index in [1.807, 2.05) is 31.2 Å². The monoisotopic (exact) mass is 434 g/mol. The normalized spacial score (nSPS) is 11.4. The predicted molar refractivity (Wildman–Crippen MR) is 107 cm³/mol. The summed E-state index contributed by atoms with van der Waals surface area (Å²) in [6, 6.07) is 12.5. The zero-order valence-electron chi connectivity index (χ0n) is 15.5. The van der Waals surface area contributed by atoms with Gasteiger partial charge in [-0.2, -0.15) is 0 Å². The molecule has 27 heavy (non-hydrogen) atoms. The van der Waals surface area contributed by atoms with Gasteiger partial charge in [0.05, 0.1) is 26.8 Å². The highest BCUT2D eigenvalue weighted by atomic mass is 79.9. The maximum atomic E-state index is 12.3.